The highest BCUT2D eigenvalue weighted by molar-refractivity contribution is 6.76. The SMILES string of the molecule is C[Si](C)(C)CCC#CC=O. The fraction of sp³-hybridized carbons (Fsp3) is 0.625. The Kier molecular flexibility index (Phi) is 4.05. The van der Waals surface area contributed by atoms with E-state index in [0.29, 0.717) is 6.29 Å². The first-order valence-electron chi connectivity index (χ1n) is 3.48. The first kappa shape index (κ1) is 9.45. The van der Waals surface area contributed by atoms with E-state index < -0.39 is 8.07 Å². The van der Waals surface area contributed by atoms with E-state index in [4.69, 9.17) is 0 Å². The highest BCUT2D eigenvalue weighted by Crippen LogP contribution is 2.09. The van der Waals surface area contributed by atoms with Gasteiger partial charge in [0.1, 0.15) is 0 Å². The summed E-state index contributed by atoms with van der Waals surface area (Å²) in [5.74, 6) is 5.22. The van der Waals surface area contributed by atoms with Crippen molar-refractivity contribution in [1.82, 2.24) is 0 Å². The van der Waals surface area contributed by atoms with Crippen LogP contribution < -0.4 is 0 Å². The molecule has 0 saturated carbocycles. The molecule has 0 amide bonds. The van der Waals surface area contributed by atoms with Crippen LogP contribution in [0, 0.1) is 11.8 Å². The summed E-state index contributed by atoms with van der Waals surface area (Å²) >= 11 is 0. The molecule has 0 aromatic carbocycles. The van der Waals surface area contributed by atoms with Gasteiger partial charge in [0.15, 0.2) is 6.29 Å². The summed E-state index contributed by atoms with van der Waals surface area (Å²) in [7, 11) is -0.926. The Morgan fingerprint density at radius 1 is 1.40 bits per heavy atom. The van der Waals surface area contributed by atoms with E-state index in [1.54, 1.807) is 0 Å². The van der Waals surface area contributed by atoms with E-state index in [9.17, 15) is 4.79 Å². The molecule has 56 valence electrons. The van der Waals surface area contributed by atoms with Gasteiger partial charge in [0.2, 0.25) is 0 Å². The van der Waals surface area contributed by atoms with E-state index in [-0.39, 0.29) is 0 Å². The molecular weight excluding hydrogens is 140 g/mol. The lowest BCUT2D eigenvalue weighted by Gasteiger charge is -2.12. The predicted octanol–water partition coefficient (Wildman–Crippen LogP) is 1.92. The Bertz CT molecular complexity index is 156. The minimum absolute atomic E-state index is 0.657. The largest absolute Gasteiger partial charge is 0.289 e. The molecule has 0 aliphatic rings. The van der Waals surface area contributed by atoms with Crippen LogP contribution in [0.4, 0.5) is 0 Å². The third-order valence-corrected chi connectivity index (χ3v) is 2.91. The van der Waals surface area contributed by atoms with Crippen LogP contribution in [0.5, 0.6) is 0 Å². The predicted molar refractivity (Wildman–Crippen MR) is 46.6 cm³/mol. The molecule has 0 N–H and O–H groups in total. The van der Waals surface area contributed by atoms with Crippen LogP contribution in [0.25, 0.3) is 0 Å². The molecular formula is C8H14OSi. The second kappa shape index (κ2) is 4.29. The molecule has 0 atom stereocenters. The minimum atomic E-state index is -0.926. The highest BCUT2D eigenvalue weighted by atomic mass is 28.3. The van der Waals surface area contributed by atoms with Crippen molar-refractivity contribution < 1.29 is 4.79 Å². The second-order valence-electron chi connectivity index (χ2n) is 3.50. The molecule has 1 nitrogen and oxygen atoms in total. The first-order valence-corrected chi connectivity index (χ1v) is 7.19. The number of carbonyl (C=O) groups is 1. The molecule has 0 radical (unpaired) electrons. The molecule has 0 bridgehead atoms. The fourth-order valence-corrected chi connectivity index (χ4v) is 1.43. The summed E-state index contributed by atoms with van der Waals surface area (Å²) in [6.07, 6.45) is 1.54. The van der Waals surface area contributed by atoms with Crippen molar-refractivity contribution >= 4 is 14.4 Å². The second-order valence-corrected chi connectivity index (χ2v) is 9.12. The molecule has 0 heterocycles. The summed E-state index contributed by atoms with van der Waals surface area (Å²) in [6, 6.07) is 1.19. The molecule has 0 spiro atoms. The Morgan fingerprint density at radius 3 is 2.40 bits per heavy atom. The van der Waals surface area contributed by atoms with Gasteiger partial charge in [0, 0.05) is 14.5 Å². The number of rotatable bonds is 2. The van der Waals surface area contributed by atoms with E-state index in [1.807, 2.05) is 0 Å². The third kappa shape index (κ3) is 7.45. The summed E-state index contributed by atoms with van der Waals surface area (Å²) in [5, 5.41) is 0. The number of hydrogen-bond acceptors (Lipinski definition) is 1. The molecule has 0 aromatic rings. The lowest BCUT2D eigenvalue weighted by Crippen LogP contribution is -2.18. The monoisotopic (exact) mass is 154 g/mol. The smallest absolute Gasteiger partial charge is 0.192 e. The third-order valence-electron chi connectivity index (χ3n) is 1.16. The van der Waals surface area contributed by atoms with E-state index >= 15 is 0 Å². The lowest BCUT2D eigenvalue weighted by molar-refractivity contribution is -0.103. The zero-order valence-electron chi connectivity index (χ0n) is 6.90. The molecule has 0 aliphatic carbocycles. The highest BCUT2D eigenvalue weighted by Gasteiger charge is 2.10. The van der Waals surface area contributed by atoms with Crippen LogP contribution in [0.1, 0.15) is 6.42 Å². The van der Waals surface area contributed by atoms with Crippen molar-refractivity contribution in [2.24, 2.45) is 0 Å². The quantitative estimate of drug-likeness (QED) is 0.337. The van der Waals surface area contributed by atoms with Crippen LogP contribution in [-0.2, 0) is 4.79 Å². The van der Waals surface area contributed by atoms with Crippen LogP contribution in [0.3, 0.4) is 0 Å². The number of aldehydes is 1. The van der Waals surface area contributed by atoms with Crippen LogP contribution in [0.2, 0.25) is 25.7 Å². The topological polar surface area (TPSA) is 17.1 Å². The van der Waals surface area contributed by atoms with Crippen LogP contribution in [0.15, 0.2) is 0 Å². The standard InChI is InChI=1S/C8H14OSi/c1-10(2,3)8-6-4-5-7-9/h7H,6,8H2,1-3H3. The van der Waals surface area contributed by atoms with Crippen molar-refractivity contribution in [3.63, 3.8) is 0 Å². The maximum atomic E-state index is 9.77. The van der Waals surface area contributed by atoms with Gasteiger partial charge in [-0.2, -0.15) is 0 Å². The van der Waals surface area contributed by atoms with Gasteiger partial charge in [-0.15, -0.1) is 0 Å². The van der Waals surface area contributed by atoms with E-state index in [2.05, 4.69) is 31.5 Å². The maximum Gasteiger partial charge on any atom is 0.192 e. The number of hydrogen-bond donors (Lipinski definition) is 0. The summed E-state index contributed by atoms with van der Waals surface area (Å²) in [5.41, 5.74) is 0. The van der Waals surface area contributed by atoms with Crippen molar-refractivity contribution in [1.29, 1.82) is 0 Å². The maximum absolute atomic E-state index is 9.77. The van der Waals surface area contributed by atoms with Crippen molar-refractivity contribution in [2.75, 3.05) is 0 Å². The van der Waals surface area contributed by atoms with Gasteiger partial charge in [-0.25, -0.2) is 0 Å². The Labute approximate surface area is 63.8 Å². The molecule has 0 saturated heterocycles. The Balaban J connectivity index is 3.46. The molecule has 2 heteroatoms. The van der Waals surface area contributed by atoms with Gasteiger partial charge in [0.25, 0.3) is 0 Å². The lowest BCUT2D eigenvalue weighted by atomic mass is 10.5. The molecule has 0 unspecified atom stereocenters. The molecule has 10 heavy (non-hydrogen) atoms. The molecule has 0 aromatic heterocycles. The van der Waals surface area contributed by atoms with Gasteiger partial charge in [-0.1, -0.05) is 25.6 Å². The van der Waals surface area contributed by atoms with Gasteiger partial charge < -0.3 is 0 Å². The van der Waals surface area contributed by atoms with Crippen molar-refractivity contribution in [3.05, 3.63) is 0 Å². The average molecular weight is 154 g/mol. The molecule has 0 rings (SSSR count). The minimum Gasteiger partial charge on any atom is -0.289 e. The Morgan fingerprint density at radius 2 is 2.00 bits per heavy atom. The zero-order chi connectivity index (χ0) is 8.04. The normalized spacial score (nSPS) is 9.90. The fourth-order valence-electron chi connectivity index (χ4n) is 0.551. The summed E-state index contributed by atoms with van der Waals surface area (Å²) in [6.45, 7) is 6.90. The number of carbonyl (C=O) groups excluding carboxylic acids is 1. The van der Waals surface area contributed by atoms with Crippen LogP contribution in [-0.4, -0.2) is 14.4 Å². The van der Waals surface area contributed by atoms with Crippen molar-refractivity contribution in [2.45, 2.75) is 32.1 Å². The summed E-state index contributed by atoms with van der Waals surface area (Å²) < 4.78 is 0. The van der Waals surface area contributed by atoms with Gasteiger partial charge in [-0.05, 0) is 12.0 Å². The van der Waals surface area contributed by atoms with Gasteiger partial charge in [0.05, 0.1) is 0 Å². The molecule has 0 aliphatic heterocycles. The zero-order valence-corrected chi connectivity index (χ0v) is 7.90. The van der Waals surface area contributed by atoms with Gasteiger partial charge >= 0.3 is 0 Å². The van der Waals surface area contributed by atoms with Crippen molar-refractivity contribution in [3.8, 4) is 11.8 Å². The van der Waals surface area contributed by atoms with E-state index in [0.717, 1.165) is 6.42 Å². The Hall–Kier alpha value is -0.553. The summed E-state index contributed by atoms with van der Waals surface area (Å²) in [4.78, 5) is 9.77. The van der Waals surface area contributed by atoms with Crippen LogP contribution >= 0.6 is 0 Å². The molecule has 0 fully saturated rings. The average Bonchev–Trinajstić information content (AvgIpc) is 1.78. The first-order chi connectivity index (χ1) is 4.56. The van der Waals surface area contributed by atoms with Gasteiger partial charge in [-0.3, -0.25) is 4.79 Å². The van der Waals surface area contributed by atoms with E-state index in [1.165, 1.54) is 6.04 Å².